The summed E-state index contributed by atoms with van der Waals surface area (Å²) in [7, 11) is -0.583. The van der Waals surface area contributed by atoms with Gasteiger partial charge in [-0.2, -0.15) is 0 Å². The fourth-order valence-corrected chi connectivity index (χ4v) is 3.80. The van der Waals surface area contributed by atoms with Gasteiger partial charge >= 0.3 is 0 Å². The highest BCUT2D eigenvalue weighted by Crippen LogP contribution is 2.09. The van der Waals surface area contributed by atoms with Gasteiger partial charge in [0.05, 0.1) is 22.7 Å². The van der Waals surface area contributed by atoms with Crippen molar-refractivity contribution in [3.63, 3.8) is 0 Å². The normalized spacial score (nSPS) is 10.2. The van der Waals surface area contributed by atoms with Gasteiger partial charge in [0.15, 0.2) is 0 Å². The molecule has 0 N–H and O–H groups in total. The Hall–Kier alpha value is -1.74. The van der Waals surface area contributed by atoms with Crippen LogP contribution in [-0.4, -0.2) is 22.7 Å². The molecule has 0 saturated carbocycles. The average molecular weight is 272 g/mol. The molecule has 2 aromatic carbocycles. The maximum Gasteiger partial charge on any atom is 0.118 e. The highest BCUT2D eigenvalue weighted by atomic mass is 28.2. The van der Waals surface area contributed by atoms with E-state index < -0.39 is 9.52 Å². The average Bonchev–Trinajstić information content (AvgIpc) is 2.44. The Balaban J connectivity index is 2.25. The summed E-state index contributed by atoms with van der Waals surface area (Å²) >= 11 is 0. The van der Waals surface area contributed by atoms with Gasteiger partial charge in [-0.25, -0.2) is 0 Å². The zero-order chi connectivity index (χ0) is 13.5. The van der Waals surface area contributed by atoms with Crippen LogP contribution in [0, 0.1) is 0 Å². The van der Waals surface area contributed by atoms with Crippen molar-refractivity contribution in [3.05, 3.63) is 48.5 Å². The fourth-order valence-electron chi connectivity index (χ4n) is 2.10. The van der Waals surface area contributed by atoms with E-state index in [9.17, 15) is 0 Å². The van der Waals surface area contributed by atoms with Crippen molar-refractivity contribution in [2.45, 2.75) is 13.8 Å². The summed E-state index contributed by atoms with van der Waals surface area (Å²) in [5.74, 6) is 2.03. The van der Waals surface area contributed by atoms with E-state index in [4.69, 9.17) is 9.47 Å². The van der Waals surface area contributed by atoms with Gasteiger partial charge in [-0.15, -0.1) is 0 Å². The topological polar surface area (TPSA) is 18.5 Å². The smallest absolute Gasteiger partial charge is 0.118 e. The van der Waals surface area contributed by atoms with Crippen LogP contribution in [-0.2, 0) is 0 Å². The minimum atomic E-state index is -0.583. The van der Waals surface area contributed by atoms with Gasteiger partial charge in [-0.3, -0.25) is 0 Å². The first-order chi connectivity index (χ1) is 9.35. The maximum atomic E-state index is 5.70. The molecule has 0 aliphatic carbocycles. The number of benzene rings is 2. The molecule has 3 heteroatoms. The molecule has 0 spiro atoms. The Labute approximate surface area is 117 Å². The molecule has 0 radical (unpaired) electrons. The second-order valence-electron chi connectivity index (χ2n) is 4.26. The summed E-state index contributed by atoms with van der Waals surface area (Å²) in [5, 5.41) is 2.66. The molecule has 100 valence electrons. The van der Waals surface area contributed by atoms with Crippen LogP contribution in [0.2, 0.25) is 0 Å². The highest BCUT2D eigenvalue weighted by Gasteiger charge is 2.08. The lowest BCUT2D eigenvalue weighted by Gasteiger charge is -2.12. The van der Waals surface area contributed by atoms with E-state index >= 15 is 0 Å². The van der Waals surface area contributed by atoms with Gasteiger partial charge in [0.25, 0.3) is 0 Å². The molecule has 0 unspecified atom stereocenters. The third kappa shape index (κ3) is 3.61. The molecule has 0 amide bonds. The van der Waals surface area contributed by atoms with Crippen LogP contribution in [0.4, 0.5) is 0 Å². The largest absolute Gasteiger partial charge is 0.494 e. The molecule has 0 fully saturated rings. The summed E-state index contributed by atoms with van der Waals surface area (Å²) in [6.07, 6.45) is 0. The summed E-state index contributed by atoms with van der Waals surface area (Å²) < 4.78 is 11.4. The Morgan fingerprint density at radius 2 is 1.16 bits per heavy atom. The van der Waals surface area contributed by atoms with Crippen molar-refractivity contribution < 1.29 is 9.47 Å². The second-order valence-corrected chi connectivity index (χ2v) is 6.14. The van der Waals surface area contributed by atoms with Gasteiger partial charge in [0, 0.05) is 0 Å². The SMILES string of the molecule is CCOc1ccccc1[SiH2]c1ccccc1OCC. The van der Waals surface area contributed by atoms with Crippen LogP contribution in [0.3, 0.4) is 0 Å². The van der Waals surface area contributed by atoms with E-state index in [2.05, 4.69) is 36.4 Å². The molecule has 0 saturated heterocycles. The molecule has 0 aromatic heterocycles. The summed E-state index contributed by atoms with van der Waals surface area (Å²) in [6, 6.07) is 16.6. The van der Waals surface area contributed by atoms with Crippen molar-refractivity contribution in [1.82, 2.24) is 0 Å². The van der Waals surface area contributed by atoms with Gasteiger partial charge in [-0.1, -0.05) is 36.4 Å². The first-order valence-electron chi connectivity index (χ1n) is 6.76. The van der Waals surface area contributed by atoms with Crippen molar-refractivity contribution in [2.75, 3.05) is 13.2 Å². The summed E-state index contributed by atoms with van der Waals surface area (Å²) in [5.41, 5.74) is 0. The summed E-state index contributed by atoms with van der Waals surface area (Å²) in [4.78, 5) is 0. The third-order valence-corrected chi connectivity index (χ3v) is 4.86. The number of hydrogen-bond donors (Lipinski definition) is 0. The molecule has 2 aromatic rings. The van der Waals surface area contributed by atoms with E-state index in [1.807, 2.05) is 26.0 Å². The van der Waals surface area contributed by atoms with E-state index in [1.165, 1.54) is 10.4 Å². The molecule has 0 heterocycles. The van der Waals surface area contributed by atoms with E-state index in [0.29, 0.717) is 13.2 Å². The number of para-hydroxylation sites is 2. The zero-order valence-corrected chi connectivity index (χ0v) is 13.0. The van der Waals surface area contributed by atoms with E-state index in [0.717, 1.165) is 11.5 Å². The molecular formula is C16H20O2Si. The number of rotatable bonds is 6. The minimum absolute atomic E-state index is 0.583. The molecule has 2 nitrogen and oxygen atoms in total. The first-order valence-corrected chi connectivity index (χ1v) is 8.18. The van der Waals surface area contributed by atoms with Crippen LogP contribution in [0.1, 0.15) is 13.8 Å². The second kappa shape index (κ2) is 7.00. The molecule has 19 heavy (non-hydrogen) atoms. The highest BCUT2D eigenvalue weighted by molar-refractivity contribution is 6.69. The lowest BCUT2D eigenvalue weighted by Crippen LogP contribution is -2.29. The van der Waals surface area contributed by atoms with Gasteiger partial charge in [0.2, 0.25) is 0 Å². The molecule has 0 aliphatic rings. The summed E-state index contributed by atoms with van der Waals surface area (Å²) in [6.45, 7) is 5.45. The monoisotopic (exact) mass is 272 g/mol. The minimum Gasteiger partial charge on any atom is -0.494 e. The van der Waals surface area contributed by atoms with Crippen LogP contribution in [0.5, 0.6) is 11.5 Å². The van der Waals surface area contributed by atoms with E-state index in [1.54, 1.807) is 0 Å². The number of ether oxygens (including phenoxy) is 2. The standard InChI is InChI=1S/C16H20O2Si/c1-3-17-13-9-5-7-11-15(13)19-16-12-8-6-10-14(16)18-4-2/h5-12H,3-4,19H2,1-2H3. The first kappa shape index (κ1) is 13.7. The molecule has 0 atom stereocenters. The van der Waals surface area contributed by atoms with Gasteiger partial charge in [-0.05, 0) is 36.4 Å². The van der Waals surface area contributed by atoms with Crippen molar-refractivity contribution in [1.29, 1.82) is 0 Å². The maximum absolute atomic E-state index is 5.70. The van der Waals surface area contributed by atoms with Crippen molar-refractivity contribution in [3.8, 4) is 11.5 Å². The Kier molecular flexibility index (Phi) is 5.04. The molecule has 2 rings (SSSR count). The van der Waals surface area contributed by atoms with E-state index in [-0.39, 0.29) is 0 Å². The Morgan fingerprint density at radius 3 is 1.58 bits per heavy atom. The van der Waals surface area contributed by atoms with Gasteiger partial charge in [0.1, 0.15) is 11.5 Å². The predicted molar refractivity (Wildman–Crippen MR) is 83.0 cm³/mol. The van der Waals surface area contributed by atoms with Crippen LogP contribution in [0.25, 0.3) is 0 Å². The molecule has 0 aliphatic heterocycles. The van der Waals surface area contributed by atoms with Crippen molar-refractivity contribution in [2.24, 2.45) is 0 Å². The Bertz CT molecular complexity index is 478. The van der Waals surface area contributed by atoms with Crippen LogP contribution < -0.4 is 19.8 Å². The lowest BCUT2D eigenvalue weighted by molar-refractivity contribution is 0.342. The van der Waals surface area contributed by atoms with Gasteiger partial charge < -0.3 is 9.47 Å². The predicted octanol–water partition coefficient (Wildman–Crippen LogP) is 1.60. The zero-order valence-electron chi connectivity index (χ0n) is 11.6. The number of hydrogen-bond acceptors (Lipinski definition) is 2. The van der Waals surface area contributed by atoms with Crippen LogP contribution in [0.15, 0.2) is 48.5 Å². The lowest BCUT2D eigenvalue weighted by atomic mass is 10.3. The third-order valence-electron chi connectivity index (χ3n) is 2.93. The quantitative estimate of drug-likeness (QED) is 0.744. The molecule has 0 bridgehead atoms. The van der Waals surface area contributed by atoms with Crippen molar-refractivity contribution >= 4 is 19.9 Å². The Morgan fingerprint density at radius 1 is 0.737 bits per heavy atom. The molecular weight excluding hydrogens is 252 g/mol. The fraction of sp³-hybridized carbons (Fsp3) is 0.250. The van der Waals surface area contributed by atoms with Crippen LogP contribution >= 0.6 is 0 Å².